The molecule has 0 N–H and O–H groups in total. The predicted molar refractivity (Wildman–Crippen MR) is 160 cm³/mol. The van der Waals surface area contributed by atoms with Gasteiger partial charge in [0.2, 0.25) is 0 Å². The number of carbonyl (C=O) groups is 1. The van der Waals surface area contributed by atoms with Crippen molar-refractivity contribution in [1.29, 1.82) is 0 Å². The molecule has 0 amide bonds. The molecule has 200 valence electrons. The third kappa shape index (κ3) is 6.08. The number of fused-ring (bicyclic) bond motifs is 1. The number of carbonyl (C=O) groups excluding carboxylic acids is 1. The summed E-state index contributed by atoms with van der Waals surface area (Å²) in [5.74, 6) is 1.15. The summed E-state index contributed by atoms with van der Waals surface area (Å²) < 4.78 is 0. The van der Waals surface area contributed by atoms with E-state index in [0.717, 1.165) is 77.4 Å². The summed E-state index contributed by atoms with van der Waals surface area (Å²) in [6.45, 7) is 6.78. The summed E-state index contributed by atoms with van der Waals surface area (Å²) in [7, 11) is 0. The second-order valence-corrected chi connectivity index (χ2v) is 10.6. The second-order valence-electron chi connectivity index (χ2n) is 10.6. The molecule has 0 atom stereocenters. The summed E-state index contributed by atoms with van der Waals surface area (Å²) in [4.78, 5) is 31.4. The summed E-state index contributed by atoms with van der Waals surface area (Å²) >= 11 is 0. The third-order valence-corrected chi connectivity index (χ3v) is 7.69. The number of piperazine rings is 1. The Labute approximate surface area is 235 Å². The highest BCUT2D eigenvalue weighted by Gasteiger charge is 2.19. The summed E-state index contributed by atoms with van der Waals surface area (Å²) in [5.41, 5.74) is 8.53. The molecule has 6 rings (SSSR count). The van der Waals surface area contributed by atoms with Crippen LogP contribution in [0, 0.1) is 6.92 Å². The van der Waals surface area contributed by atoms with E-state index in [9.17, 15) is 4.79 Å². The Balaban J connectivity index is 1.10. The zero-order valence-corrected chi connectivity index (χ0v) is 22.8. The minimum absolute atomic E-state index is 0.230. The molecule has 6 nitrogen and oxygen atoms in total. The SMILES string of the molecule is Cc1ccccc1CC(=O)Cc1ccc(-c2ccc3ncc(N4CCN(Cc5cccnc5)CC4)nc3c2)cc1. The van der Waals surface area contributed by atoms with Crippen LogP contribution in [0.15, 0.2) is 97.5 Å². The zero-order chi connectivity index (χ0) is 27.3. The van der Waals surface area contributed by atoms with E-state index in [1.165, 1.54) is 5.56 Å². The minimum atomic E-state index is 0.230. The highest BCUT2D eigenvalue weighted by Crippen LogP contribution is 2.25. The first-order valence-corrected chi connectivity index (χ1v) is 13.9. The Morgan fingerprint density at radius 2 is 1.57 bits per heavy atom. The smallest absolute Gasteiger partial charge is 0.147 e. The fraction of sp³-hybridized carbons (Fsp3) is 0.235. The molecule has 1 aliphatic heterocycles. The van der Waals surface area contributed by atoms with Crippen molar-refractivity contribution in [1.82, 2.24) is 19.9 Å². The maximum atomic E-state index is 12.7. The highest BCUT2D eigenvalue weighted by atomic mass is 16.1. The number of hydrogen-bond acceptors (Lipinski definition) is 6. The van der Waals surface area contributed by atoms with Crippen molar-refractivity contribution in [2.75, 3.05) is 31.1 Å². The lowest BCUT2D eigenvalue weighted by Crippen LogP contribution is -2.46. The van der Waals surface area contributed by atoms with Gasteiger partial charge in [-0.25, -0.2) is 4.98 Å². The van der Waals surface area contributed by atoms with Crippen LogP contribution in [-0.4, -0.2) is 51.8 Å². The summed E-state index contributed by atoms with van der Waals surface area (Å²) in [6, 6.07) is 26.8. The molecule has 5 aromatic rings. The van der Waals surface area contributed by atoms with Crippen LogP contribution in [0.4, 0.5) is 5.82 Å². The Hall–Kier alpha value is -4.42. The average Bonchev–Trinajstić information content (AvgIpc) is 2.99. The number of ketones is 1. The van der Waals surface area contributed by atoms with Gasteiger partial charge in [-0.1, -0.05) is 60.7 Å². The maximum absolute atomic E-state index is 12.7. The van der Waals surface area contributed by atoms with Crippen molar-refractivity contribution in [3.63, 3.8) is 0 Å². The van der Waals surface area contributed by atoms with Gasteiger partial charge in [0.1, 0.15) is 11.6 Å². The van der Waals surface area contributed by atoms with Gasteiger partial charge in [-0.2, -0.15) is 0 Å². The molecule has 2 aromatic heterocycles. The largest absolute Gasteiger partial charge is 0.353 e. The van der Waals surface area contributed by atoms with Crippen LogP contribution in [0.1, 0.15) is 22.3 Å². The minimum Gasteiger partial charge on any atom is -0.353 e. The van der Waals surface area contributed by atoms with E-state index in [-0.39, 0.29) is 5.78 Å². The van der Waals surface area contributed by atoms with Crippen LogP contribution in [0.3, 0.4) is 0 Å². The molecule has 0 bridgehead atoms. The second kappa shape index (κ2) is 11.8. The van der Waals surface area contributed by atoms with Gasteiger partial charge in [0.05, 0.1) is 17.2 Å². The number of nitrogens with zero attached hydrogens (tertiary/aromatic N) is 5. The number of anilines is 1. The monoisotopic (exact) mass is 527 g/mol. The van der Waals surface area contributed by atoms with Crippen molar-refractivity contribution in [3.8, 4) is 11.1 Å². The van der Waals surface area contributed by atoms with E-state index in [1.54, 1.807) is 0 Å². The van der Waals surface area contributed by atoms with Gasteiger partial charge in [0.25, 0.3) is 0 Å². The number of aromatic nitrogens is 3. The van der Waals surface area contributed by atoms with Gasteiger partial charge in [0.15, 0.2) is 0 Å². The lowest BCUT2D eigenvalue weighted by atomic mass is 9.98. The number of aryl methyl sites for hydroxylation is 1. The molecule has 1 fully saturated rings. The quantitative estimate of drug-likeness (QED) is 0.259. The van der Waals surface area contributed by atoms with Crippen LogP contribution in [0.25, 0.3) is 22.2 Å². The van der Waals surface area contributed by atoms with E-state index in [1.807, 2.05) is 48.9 Å². The van der Waals surface area contributed by atoms with Crippen molar-refractivity contribution in [2.45, 2.75) is 26.3 Å². The molecule has 0 unspecified atom stereocenters. The van der Waals surface area contributed by atoms with E-state index in [2.05, 4.69) is 70.2 Å². The van der Waals surface area contributed by atoms with E-state index in [4.69, 9.17) is 9.97 Å². The molecule has 0 radical (unpaired) electrons. The van der Waals surface area contributed by atoms with Crippen molar-refractivity contribution >= 4 is 22.6 Å². The number of hydrogen-bond donors (Lipinski definition) is 0. The fourth-order valence-electron chi connectivity index (χ4n) is 5.34. The van der Waals surface area contributed by atoms with Gasteiger partial charge in [0, 0.05) is 58.0 Å². The molecule has 1 saturated heterocycles. The van der Waals surface area contributed by atoms with Gasteiger partial charge in [-0.05, 0) is 58.5 Å². The molecule has 1 aliphatic rings. The van der Waals surface area contributed by atoms with Crippen molar-refractivity contribution < 1.29 is 4.79 Å². The summed E-state index contributed by atoms with van der Waals surface area (Å²) in [5, 5.41) is 0. The number of Topliss-reactive ketones (excluding diaryl/α,β-unsaturated/α-hetero) is 1. The van der Waals surface area contributed by atoms with E-state index < -0.39 is 0 Å². The first-order valence-electron chi connectivity index (χ1n) is 13.9. The molecule has 0 spiro atoms. The molecular weight excluding hydrogens is 494 g/mol. The molecule has 3 heterocycles. The Morgan fingerprint density at radius 3 is 2.35 bits per heavy atom. The van der Waals surface area contributed by atoms with Crippen molar-refractivity contribution in [3.05, 3.63) is 120 Å². The lowest BCUT2D eigenvalue weighted by Gasteiger charge is -2.35. The van der Waals surface area contributed by atoms with Gasteiger partial charge >= 0.3 is 0 Å². The zero-order valence-electron chi connectivity index (χ0n) is 22.8. The van der Waals surface area contributed by atoms with Crippen LogP contribution in [-0.2, 0) is 24.2 Å². The molecule has 3 aromatic carbocycles. The van der Waals surface area contributed by atoms with Crippen LogP contribution < -0.4 is 4.90 Å². The van der Waals surface area contributed by atoms with Gasteiger partial charge in [-0.3, -0.25) is 19.7 Å². The number of rotatable bonds is 8. The first-order chi connectivity index (χ1) is 19.6. The topological polar surface area (TPSA) is 62.2 Å². The molecule has 0 aliphatic carbocycles. The van der Waals surface area contributed by atoms with Gasteiger partial charge in [-0.15, -0.1) is 0 Å². The van der Waals surface area contributed by atoms with E-state index in [0.29, 0.717) is 12.8 Å². The van der Waals surface area contributed by atoms with Crippen LogP contribution in [0.2, 0.25) is 0 Å². The molecule has 6 heteroatoms. The molecular formula is C34H33N5O. The standard InChI is InChI=1S/C34H33N5O/c1-25-5-2-3-7-29(25)20-31(40)19-26-8-10-28(11-9-26)30-12-13-32-33(21-30)37-34(23-36-32)39-17-15-38(16-18-39)24-27-6-4-14-35-22-27/h2-14,21-23H,15-20,24H2,1H3. The lowest BCUT2D eigenvalue weighted by molar-refractivity contribution is -0.117. The normalized spacial score (nSPS) is 14.0. The number of pyridine rings is 1. The van der Waals surface area contributed by atoms with E-state index >= 15 is 0 Å². The summed E-state index contributed by atoms with van der Waals surface area (Å²) in [6.07, 6.45) is 6.56. The van der Waals surface area contributed by atoms with Crippen molar-refractivity contribution in [2.24, 2.45) is 0 Å². The Bertz CT molecular complexity index is 1610. The maximum Gasteiger partial charge on any atom is 0.147 e. The Kier molecular flexibility index (Phi) is 7.60. The van der Waals surface area contributed by atoms with Crippen LogP contribution >= 0.6 is 0 Å². The average molecular weight is 528 g/mol. The first kappa shape index (κ1) is 25.8. The van der Waals surface area contributed by atoms with Crippen LogP contribution in [0.5, 0.6) is 0 Å². The Morgan fingerprint density at radius 1 is 0.775 bits per heavy atom. The fourth-order valence-corrected chi connectivity index (χ4v) is 5.34. The molecule has 40 heavy (non-hydrogen) atoms. The number of benzene rings is 3. The predicted octanol–water partition coefficient (Wildman–Crippen LogP) is 5.68. The van der Waals surface area contributed by atoms with Gasteiger partial charge < -0.3 is 4.90 Å². The highest BCUT2D eigenvalue weighted by molar-refractivity contribution is 5.84. The third-order valence-electron chi connectivity index (χ3n) is 7.69. The molecule has 0 saturated carbocycles.